The monoisotopic (exact) mass is 542 g/mol. The molecule has 0 aliphatic heterocycles. The third-order valence-corrected chi connectivity index (χ3v) is 4.60. The number of nitrogens with zero attached hydrogens (tertiary/aromatic N) is 4. The van der Waals surface area contributed by atoms with Crippen molar-refractivity contribution in [2.75, 3.05) is 13.1 Å². The Morgan fingerprint density at radius 1 is 0.872 bits per heavy atom. The van der Waals surface area contributed by atoms with E-state index in [1.54, 1.807) is 45.3 Å². The molecule has 0 aliphatic rings. The third-order valence-electron chi connectivity index (χ3n) is 4.60. The van der Waals surface area contributed by atoms with Gasteiger partial charge in [-0.25, -0.2) is 19.6 Å². The maximum atomic E-state index is 11.4. The number of hydrogen-bond donors (Lipinski definition) is 2. The number of amides is 2. The molecule has 2 N–H and O–H groups in total. The number of aromatic nitrogens is 4. The molecule has 0 atom stereocenters. The second-order valence-electron chi connectivity index (χ2n) is 10.5. The van der Waals surface area contributed by atoms with E-state index >= 15 is 0 Å². The summed E-state index contributed by atoms with van der Waals surface area (Å²) in [6, 6.07) is 3.31. The number of carbonyl (C=O) groups is 2. The van der Waals surface area contributed by atoms with E-state index in [1.165, 1.54) is 12.4 Å². The standard InChI is InChI=1S/C13H17N3O4.C13H17N3O3/c1-13(2,3)20-12(17)14-6-4-11-15-9-8-16(18)7-5-10(9)19-11;1-13(2,3)19-12(17)15-7-5-11-16-9-8-14-6-4-10(9)18-11/h5,7-8H,4,6H2,1-3H3,(H,14,17);4,6,8H,5,7H2,1-3H3,(H,15,17). The highest BCUT2D eigenvalue weighted by molar-refractivity contribution is 5.71. The van der Waals surface area contributed by atoms with Crippen molar-refractivity contribution in [3.63, 3.8) is 0 Å². The van der Waals surface area contributed by atoms with Gasteiger partial charge in [-0.2, -0.15) is 4.73 Å². The van der Waals surface area contributed by atoms with Gasteiger partial charge >= 0.3 is 12.2 Å². The Labute approximate surface area is 225 Å². The molecule has 0 saturated heterocycles. The number of alkyl carbamates (subject to hydrolysis) is 2. The van der Waals surface area contributed by atoms with Crippen molar-refractivity contribution in [1.29, 1.82) is 0 Å². The van der Waals surface area contributed by atoms with Gasteiger partial charge in [0.15, 0.2) is 34.7 Å². The average molecular weight is 543 g/mol. The van der Waals surface area contributed by atoms with Crippen LogP contribution in [0.4, 0.5) is 9.59 Å². The Morgan fingerprint density at radius 2 is 1.38 bits per heavy atom. The van der Waals surface area contributed by atoms with Gasteiger partial charge in [0, 0.05) is 44.3 Å². The second kappa shape index (κ2) is 12.4. The summed E-state index contributed by atoms with van der Waals surface area (Å²) in [6.07, 6.45) is 5.98. The lowest BCUT2D eigenvalue weighted by Crippen LogP contribution is -2.33. The van der Waals surface area contributed by atoms with Crippen LogP contribution < -0.4 is 15.4 Å². The number of rotatable bonds is 6. The molecule has 39 heavy (non-hydrogen) atoms. The fourth-order valence-electron chi connectivity index (χ4n) is 3.12. The predicted molar refractivity (Wildman–Crippen MR) is 141 cm³/mol. The zero-order valence-corrected chi connectivity index (χ0v) is 22.9. The largest absolute Gasteiger partial charge is 0.619 e. The number of oxazole rings is 2. The minimum atomic E-state index is -0.524. The number of ether oxygens (including phenoxy) is 2. The van der Waals surface area contributed by atoms with Gasteiger partial charge in [-0.3, -0.25) is 4.98 Å². The van der Waals surface area contributed by atoms with E-state index in [1.807, 2.05) is 20.8 Å². The van der Waals surface area contributed by atoms with Crippen molar-refractivity contribution in [2.24, 2.45) is 0 Å². The summed E-state index contributed by atoms with van der Waals surface area (Å²) < 4.78 is 21.8. The van der Waals surface area contributed by atoms with Gasteiger partial charge in [0.05, 0.1) is 6.20 Å². The fraction of sp³-hybridized carbons (Fsp3) is 0.462. The molecule has 0 spiro atoms. The Morgan fingerprint density at radius 3 is 1.90 bits per heavy atom. The zero-order valence-electron chi connectivity index (χ0n) is 22.9. The molecule has 13 heteroatoms. The topological polar surface area (TPSA) is 169 Å². The first-order valence-electron chi connectivity index (χ1n) is 12.4. The smallest absolute Gasteiger partial charge is 0.407 e. The van der Waals surface area contributed by atoms with E-state index in [0.717, 1.165) is 5.52 Å². The molecule has 0 saturated carbocycles. The molecule has 0 bridgehead atoms. The first-order valence-corrected chi connectivity index (χ1v) is 12.4. The molecule has 4 heterocycles. The maximum Gasteiger partial charge on any atom is 0.407 e. The summed E-state index contributed by atoms with van der Waals surface area (Å²) in [7, 11) is 0. The molecule has 2 amide bonds. The SMILES string of the molecule is CC(C)(C)OC(=O)NCCc1nc2c[n+]([O-])ccc2o1.CC(C)(C)OC(=O)NCCc1nc2cnccc2o1. The van der Waals surface area contributed by atoms with E-state index in [2.05, 4.69) is 25.6 Å². The molecule has 4 rings (SSSR count). The lowest BCUT2D eigenvalue weighted by atomic mass is 10.2. The van der Waals surface area contributed by atoms with Crippen LogP contribution in [0.3, 0.4) is 0 Å². The first-order chi connectivity index (χ1) is 18.3. The van der Waals surface area contributed by atoms with E-state index in [0.29, 0.717) is 59.1 Å². The van der Waals surface area contributed by atoms with E-state index in [-0.39, 0.29) is 0 Å². The van der Waals surface area contributed by atoms with Crippen molar-refractivity contribution in [2.45, 2.75) is 65.6 Å². The molecule has 0 unspecified atom stereocenters. The summed E-state index contributed by atoms with van der Waals surface area (Å²) in [5.74, 6) is 1.03. The fourth-order valence-corrected chi connectivity index (χ4v) is 3.12. The van der Waals surface area contributed by atoms with Crippen molar-refractivity contribution < 1.29 is 32.6 Å². The minimum Gasteiger partial charge on any atom is -0.619 e. The number of pyridine rings is 2. The van der Waals surface area contributed by atoms with Crippen LogP contribution in [0.5, 0.6) is 0 Å². The van der Waals surface area contributed by atoms with Crippen LogP contribution in [-0.2, 0) is 22.3 Å². The molecule has 0 aromatic carbocycles. The van der Waals surface area contributed by atoms with Gasteiger partial charge in [-0.1, -0.05) is 0 Å². The van der Waals surface area contributed by atoms with Gasteiger partial charge in [0.1, 0.15) is 16.7 Å². The number of nitrogens with one attached hydrogen (secondary N) is 2. The highest BCUT2D eigenvalue weighted by Crippen LogP contribution is 2.14. The van der Waals surface area contributed by atoms with Gasteiger partial charge in [0.25, 0.3) is 0 Å². The molecule has 0 aliphatic carbocycles. The Kier molecular flexibility index (Phi) is 9.28. The summed E-state index contributed by atoms with van der Waals surface area (Å²) >= 11 is 0. The van der Waals surface area contributed by atoms with Crippen molar-refractivity contribution in [1.82, 2.24) is 25.6 Å². The maximum absolute atomic E-state index is 11.4. The van der Waals surface area contributed by atoms with E-state index in [9.17, 15) is 14.8 Å². The lowest BCUT2D eigenvalue weighted by Gasteiger charge is -2.19. The van der Waals surface area contributed by atoms with Gasteiger partial charge < -0.3 is 34.1 Å². The van der Waals surface area contributed by atoms with E-state index in [4.69, 9.17) is 18.3 Å². The first kappa shape index (κ1) is 29.1. The molecular formula is C26H34N6O7. The molecular weight excluding hydrogens is 508 g/mol. The summed E-state index contributed by atoms with van der Waals surface area (Å²) in [5.41, 5.74) is 1.44. The van der Waals surface area contributed by atoms with Crippen LogP contribution >= 0.6 is 0 Å². The molecule has 210 valence electrons. The quantitative estimate of drug-likeness (QED) is 0.270. The number of fused-ring (bicyclic) bond motifs is 2. The normalized spacial score (nSPS) is 11.5. The van der Waals surface area contributed by atoms with Crippen LogP contribution in [0, 0.1) is 5.21 Å². The van der Waals surface area contributed by atoms with Gasteiger partial charge in [-0.15, -0.1) is 0 Å². The summed E-state index contributed by atoms with van der Waals surface area (Å²) in [6.45, 7) is 11.6. The zero-order chi connectivity index (χ0) is 28.6. The second-order valence-corrected chi connectivity index (χ2v) is 10.5. The van der Waals surface area contributed by atoms with Gasteiger partial charge in [0.2, 0.25) is 6.20 Å². The average Bonchev–Trinajstić information content (AvgIpc) is 3.40. The Hall–Kier alpha value is -4.42. The van der Waals surface area contributed by atoms with Crippen LogP contribution in [0.2, 0.25) is 0 Å². The molecule has 0 radical (unpaired) electrons. The van der Waals surface area contributed by atoms with Crippen molar-refractivity contribution >= 4 is 34.4 Å². The van der Waals surface area contributed by atoms with Crippen LogP contribution in [-0.4, -0.2) is 51.4 Å². The number of hydrogen-bond acceptors (Lipinski definition) is 10. The molecule has 4 aromatic heterocycles. The summed E-state index contributed by atoms with van der Waals surface area (Å²) in [4.78, 5) is 35.3. The Balaban J connectivity index is 0.000000216. The molecule has 4 aromatic rings. The van der Waals surface area contributed by atoms with Gasteiger partial charge in [-0.05, 0) is 41.5 Å². The third kappa shape index (κ3) is 10.1. The minimum absolute atomic E-state index is 0.346. The lowest BCUT2D eigenvalue weighted by molar-refractivity contribution is -0.604. The van der Waals surface area contributed by atoms with Crippen molar-refractivity contribution in [3.8, 4) is 0 Å². The number of carbonyl (C=O) groups excluding carboxylic acids is 2. The van der Waals surface area contributed by atoms with Crippen molar-refractivity contribution in [3.05, 3.63) is 53.9 Å². The van der Waals surface area contributed by atoms with Crippen LogP contribution in [0.25, 0.3) is 22.2 Å². The van der Waals surface area contributed by atoms with E-state index < -0.39 is 23.4 Å². The highest BCUT2D eigenvalue weighted by Gasteiger charge is 2.17. The Bertz CT molecular complexity index is 1370. The highest BCUT2D eigenvalue weighted by atomic mass is 16.6. The molecule has 13 nitrogen and oxygen atoms in total. The molecule has 0 fully saturated rings. The van der Waals surface area contributed by atoms with Crippen LogP contribution in [0.15, 0.2) is 45.8 Å². The predicted octanol–water partition coefficient (Wildman–Crippen LogP) is 3.82. The summed E-state index contributed by atoms with van der Waals surface area (Å²) in [5, 5.41) is 16.4. The van der Waals surface area contributed by atoms with Crippen LogP contribution in [0.1, 0.15) is 53.3 Å².